The molecule has 44 heavy (non-hydrogen) atoms. The molecule has 0 aliphatic rings. The zero-order valence-electron chi connectivity index (χ0n) is 25.9. The third-order valence-electron chi connectivity index (χ3n) is 6.54. The van der Waals surface area contributed by atoms with E-state index in [0.29, 0.717) is 77.5 Å². The van der Waals surface area contributed by atoms with Gasteiger partial charge in [0, 0.05) is 38.0 Å². The second-order valence-electron chi connectivity index (χ2n) is 10.1. The minimum Gasteiger partial charge on any atom is -0.490 e. The van der Waals surface area contributed by atoms with Crippen molar-refractivity contribution < 1.29 is 32.8 Å². The summed E-state index contributed by atoms with van der Waals surface area (Å²) in [6.07, 6.45) is 4.85. The third-order valence-corrected chi connectivity index (χ3v) is 6.54. The topological polar surface area (TPSA) is 88.8 Å². The summed E-state index contributed by atoms with van der Waals surface area (Å²) in [6, 6.07) is 15.0. The molecule has 0 fully saturated rings. The van der Waals surface area contributed by atoms with Gasteiger partial charge in [-0.25, -0.2) is 9.97 Å². The van der Waals surface area contributed by atoms with E-state index >= 15 is 0 Å². The lowest BCUT2D eigenvalue weighted by Gasteiger charge is -2.12. The van der Waals surface area contributed by atoms with Gasteiger partial charge in [0.05, 0.1) is 71.4 Å². The zero-order chi connectivity index (χ0) is 31.0. The molecule has 4 rings (SSSR count). The number of imidazole rings is 1. The van der Waals surface area contributed by atoms with Gasteiger partial charge in [0.25, 0.3) is 0 Å². The Kier molecular flexibility index (Phi) is 13.8. The van der Waals surface area contributed by atoms with Gasteiger partial charge in [-0.05, 0) is 36.2 Å². The van der Waals surface area contributed by atoms with E-state index in [4.69, 9.17) is 33.4 Å². The van der Waals surface area contributed by atoms with Gasteiger partial charge in [-0.2, -0.15) is 4.39 Å². The third kappa shape index (κ3) is 10.5. The molecule has 0 radical (unpaired) electrons. The Balaban J connectivity index is 1.11. The van der Waals surface area contributed by atoms with Gasteiger partial charge >= 0.3 is 0 Å². The molecule has 0 unspecified atom stereocenters. The molecule has 0 atom stereocenters. The summed E-state index contributed by atoms with van der Waals surface area (Å²) < 4.78 is 49.7. The molecule has 0 aliphatic heterocycles. The summed E-state index contributed by atoms with van der Waals surface area (Å²) in [7, 11) is 3.66. The van der Waals surface area contributed by atoms with Crippen molar-refractivity contribution in [3.05, 3.63) is 66.9 Å². The smallest absolute Gasteiger partial charge is 0.222 e. The lowest BCUT2D eigenvalue weighted by Crippen LogP contribution is -2.14. The van der Waals surface area contributed by atoms with Gasteiger partial charge in [0.1, 0.15) is 23.8 Å². The second-order valence-corrected chi connectivity index (χ2v) is 10.1. The number of rotatable bonds is 21. The molecule has 3 heterocycles. The lowest BCUT2D eigenvalue weighted by molar-refractivity contribution is -0.0126. The van der Waals surface area contributed by atoms with Crippen molar-refractivity contribution in [2.45, 2.75) is 13.3 Å². The van der Waals surface area contributed by atoms with Crippen LogP contribution in [-0.4, -0.2) is 101 Å². The number of halogens is 1. The van der Waals surface area contributed by atoms with Crippen LogP contribution in [0.1, 0.15) is 13.3 Å². The predicted molar refractivity (Wildman–Crippen MR) is 168 cm³/mol. The fourth-order valence-electron chi connectivity index (χ4n) is 4.25. The molecule has 11 heteroatoms. The van der Waals surface area contributed by atoms with Gasteiger partial charge in [0.2, 0.25) is 5.95 Å². The van der Waals surface area contributed by atoms with E-state index in [9.17, 15) is 4.39 Å². The first kappa shape index (κ1) is 33.3. The minimum atomic E-state index is -0.495. The van der Waals surface area contributed by atoms with Crippen molar-refractivity contribution in [3.63, 3.8) is 0 Å². The monoisotopic (exact) mass is 610 g/mol. The number of fused-ring (bicyclic) bond motifs is 1. The molecule has 10 nitrogen and oxygen atoms in total. The van der Waals surface area contributed by atoms with E-state index in [-0.39, 0.29) is 0 Å². The van der Waals surface area contributed by atoms with E-state index in [1.54, 1.807) is 17.0 Å². The average molecular weight is 611 g/mol. The first-order chi connectivity index (χ1) is 21.5. The molecule has 1 aromatic carbocycles. The molecule has 238 valence electrons. The maximum absolute atomic E-state index is 14.6. The predicted octanol–water partition coefficient (Wildman–Crippen LogP) is 5.14. The Hall–Kier alpha value is -3.61. The van der Waals surface area contributed by atoms with Crippen LogP contribution in [0.3, 0.4) is 0 Å². The Morgan fingerprint density at radius 3 is 1.77 bits per heavy atom. The highest BCUT2D eigenvalue weighted by molar-refractivity contribution is 5.70. The van der Waals surface area contributed by atoms with Crippen molar-refractivity contribution in [2.24, 2.45) is 0 Å². The number of aromatic nitrogens is 3. The molecular weight excluding hydrogens is 567 g/mol. The van der Waals surface area contributed by atoms with E-state index in [2.05, 4.69) is 11.9 Å². The fraction of sp³-hybridized carbons (Fsp3) is 0.455. The van der Waals surface area contributed by atoms with Crippen LogP contribution in [0, 0.1) is 5.95 Å². The summed E-state index contributed by atoms with van der Waals surface area (Å²) in [6.45, 7) is 8.04. The fourth-order valence-corrected chi connectivity index (χ4v) is 4.25. The molecule has 3 aromatic heterocycles. The molecule has 0 spiro atoms. The van der Waals surface area contributed by atoms with E-state index in [1.807, 2.05) is 67.3 Å². The number of benzene rings is 1. The summed E-state index contributed by atoms with van der Waals surface area (Å²) in [4.78, 5) is 10.5. The largest absolute Gasteiger partial charge is 0.490 e. The number of anilines is 1. The lowest BCUT2D eigenvalue weighted by atomic mass is 10.0. The first-order valence-electron chi connectivity index (χ1n) is 15.0. The molecule has 0 amide bonds. The molecule has 0 saturated carbocycles. The summed E-state index contributed by atoms with van der Waals surface area (Å²) >= 11 is 0. The van der Waals surface area contributed by atoms with Crippen molar-refractivity contribution in [2.75, 3.05) is 91.7 Å². The Morgan fingerprint density at radius 1 is 0.636 bits per heavy atom. The van der Waals surface area contributed by atoms with Crippen LogP contribution in [-0.2, 0) is 23.7 Å². The Bertz CT molecular complexity index is 1400. The van der Waals surface area contributed by atoms with Gasteiger partial charge in [-0.15, -0.1) is 0 Å². The van der Waals surface area contributed by atoms with Crippen molar-refractivity contribution in [3.8, 4) is 28.1 Å². The second kappa shape index (κ2) is 18.3. The number of pyridine rings is 2. The van der Waals surface area contributed by atoms with Crippen LogP contribution in [0.25, 0.3) is 28.0 Å². The Labute approximate surface area is 258 Å². The number of hydrogen-bond donors (Lipinski definition) is 0. The number of ether oxygens (including phenoxy) is 6. The molecule has 0 saturated heterocycles. The number of nitrogens with zero attached hydrogens (tertiary/aromatic N) is 4. The van der Waals surface area contributed by atoms with E-state index in [0.717, 1.165) is 41.2 Å². The average Bonchev–Trinajstić information content (AvgIpc) is 3.46. The Morgan fingerprint density at radius 2 is 1.20 bits per heavy atom. The van der Waals surface area contributed by atoms with Gasteiger partial charge in [-0.1, -0.05) is 31.2 Å². The standard InChI is InChI=1S/C33H43FN4O6/c1-4-13-39-14-15-40-16-17-41-18-19-42-20-21-43-22-23-44-28-9-11-32-35-30(25-38(32)24-28)27-7-5-26(6-8-27)29-10-12-31(37(2)3)36-33(29)34/h5-12,24-25H,4,13-23H2,1-3H3. The molecule has 4 aromatic rings. The summed E-state index contributed by atoms with van der Waals surface area (Å²) in [5.74, 6) is 0.801. The van der Waals surface area contributed by atoms with Crippen molar-refractivity contribution in [1.29, 1.82) is 0 Å². The minimum absolute atomic E-state index is 0.419. The zero-order valence-corrected chi connectivity index (χ0v) is 25.9. The normalized spacial score (nSPS) is 11.4. The van der Waals surface area contributed by atoms with Crippen LogP contribution in [0.2, 0.25) is 0 Å². The number of hydrogen-bond acceptors (Lipinski definition) is 9. The molecular formula is C33H43FN4O6. The molecule has 0 aliphatic carbocycles. The van der Waals surface area contributed by atoms with E-state index < -0.39 is 5.95 Å². The van der Waals surface area contributed by atoms with Crippen LogP contribution < -0.4 is 9.64 Å². The maximum Gasteiger partial charge on any atom is 0.222 e. The van der Waals surface area contributed by atoms with Gasteiger partial charge in [0.15, 0.2) is 0 Å². The van der Waals surface area contributed by atoms with Gasteiger partial charge < -0.3 is 37.7 Å². The van der Waals surface area contributed by atoms with Crippen molar-refractivity contribution >= 4 is 11.5 Å². The SMILES string of the molecule is CCCOCCOCCOCCOCCOCCOc1ccc2nc(-c3ccc(-c4ccc(N(C)C)nc4F)cc3)cn2c1. The molecule has 0 N–H and O–H groups in total. The van der Waals surface area contributed by atoms with Crippen molar-refractivity contribution in [1.82, 2.24) is 14.4 Å². The van der Waals surface area contributed by atoms with Crippen LogP contribution >= 0.6 is 0 Å². The van der Waals surface area contributed by atoms with E-state index in [1.165, 1.54) is 0 Å². The quantitative estimate of drug-likeness (QED) is 0.0940. The summed E-state index contributed by atoms with van der Waals surface area (Å²) in [5, 5.41) is 0. The van der Waals surface area contributed by atoms with Crippen LogP contribution in [0.5, 0.6) is 5.75 Å². The van der Waals surface area contributed by atoms with Crippen LogP contribution in [0.4, 0.5) is 10.2 Å². The summed E-state index contributed by atoms with van der Waals surface area (Å²) in [5.41, 5.74) is 3.76. The van der Waals surface area contributed by atoms with Crippen LogP contribution in [0.15, 0.2) is 60.9 Å². The van der Waals surface area contributed by atoms with Gasteiger partial charge in [-0.3, -0.25) is 0 Å². The maximum atomic E-state index is 14.6. The first-order valence-corrected chi connectivity index (χ1v) is 15.0. The highest BCUT2D eigenvalue weighted by Crippen LogP contribution is 2.27. The molecule has 0 bridgehead atoms. The highest BCUT2D eigenvalue weighted by Gasteiger charge is 2.11. The highest BCUT2D eigenvalue weighted by atomic mass is 19.1.